The van der Waals surface area contributed by atoms with Gasteiger partial charge in [-0.2, -0.15) is 0 Å². The van der Waals surface area contributed by atoms with E-state index in [1.165, 1.54) is 49.2 Å². The number of rotatable bonds is 11. The average Bonchev–Trinajstić information content (AvgIpc) is 3.01. The summed E-state index contributed by atoms with van der Waals surface area (Å²) in [6.07, 6.45) is 1.43. The molecule has 0 saturated heterocycles. The second kappa shape index (κ2) is 14.4. The Hall–Kier alpha value is -5.75. The smallest absolute Gasteiger partial charge is 0.339 e. The maximum atomic E-state index is 13.4. The zero-order valence-electron chi connectivity index (χ0n) is 23.2. The van der Waals surface area contributed by atoms with Crippen LogP contribution in [0.3, 0.4) is 0 Å². The van der Waals surface area contributed by atoms with E-state index >= 15 is 0 Å². The number of carbonyl (C=O) groups excluding carboxylic acids is 3. The Balaban J connectivity index is 1.48. The molecule has 0 bridgehead atoms. The quantitative estimate of drug-likeness (QED) is 0.0777. The first-order valence-electron chi connectivity index (χ1n) is 13.0. The Morgan fingerprint density at radius 2 is 1.59 bits per heavy atom. The molecule has 0 atom stereocenters. The largest absolute Gasteiger partial charge is 0.508 e. The lowest BCUT2D eigenvalue weighted by molar-refractivity contribution is -0.114. The van der Waals surface area contributed by atoms with Crippen molar-refractivity contribution in [3.05, 3.63) is 113 Å². The number of hydrogen-bond acceptors (Lipinski definition) is 8. The summed E-state index contributed by atoms with van der Waals surface area (Å²) in [5.41, 5.74) is 0.956. The number of aromatic carboxylic acids is 1. The highest BCUT2D eigenvalue weighted by Gasteiger charge is 2.17. The molecule has 0 heterocycles. The number of amides is 3. The van der Waals surface area contributed by atoms with Gasteiger partial charge in [0, 0.05) is 33.5 Å². The number of methoxy groups -OCH3 is 1. The molecule has 12 heteroatoms. The normalized spacial score (nSPS) is 10.9. The Bertz CT molecular complexity index is 1740. The van der Waals surface area contributed by atoms with Gasteiger partial charge in [-0.3, -0.25) is 14.4 Å². The SMILES string of the molecule is COc1cc(O)ccc1/C=C(/NC(=O)c1ccccc1)C(=O)Nc1cccc(SCC(=O)Nc2ccc(O)c(C(=O)O)c2)c1. The highest BCUT2D eigenvalue weighted by molar-refractivity contribution is 8.00. The van der Waals surface area contributed by atoms with Gasteiger partial charge in [-0.05, 0) is 66.7 Å². The minimum atomic E-state index is -1.33. The second-order valence-corrected chi connectivity index (χ2v) is 10.2. The van der Waals surface area contributed by atoms with Crippen molar-refractivity contribution in [1.82, 2.24) is 5.32 Å². The lowest BCUT2D eigenvalue weighted by Gasteiger charge is -2.13. The molecule has 224 valence electrons. The van der Waals surface area contributed by atoms with Crippen molar-refractivity contribution < 1.29 is 39.2 Å². The van der Waals surface area contributed by atoms with Gasteiger partial charge in [-0.15, -0.1) is 11.8 Å². The van der Waals surface area contributed by atoms with Gasteiger partial charge in [-0.25, -0.2) is 4.79 Å². The fraction of sp³-hybridized carbons (Fsp3) is 0.0625. The van der Waals surface area contributed by atoms with E-state index in [1.54, 1.807) is 60.7 Å². The highest BCUT2D eigenvalue weighted by Crippen LogP contribution is 2.27. The van der Waals surface area contributed by atoms with Crippen molar-refractivity contribution in [2.24, 2.45) is 0 Å². The number of anilines is 2. The number of nitrogens with one attached hydrogen (secondary N) is 3. The molecule has 0 unspecified atom stereocenters. The van der Waals surface area contributed by atoms with Crippen molar-refractivity contribution in [3.8, 4) is 17.2 Å². The van der Waals surface area contributed by atoms with Crippen LogP contribution in [-0.4, -0.2) is 51.9 Å². The van der Waals surface area contributed by atoms with Crippen molar-refractivity contribution in [1.29, 1.82) is 0 Å². The molecule has 0 aliphatic rings. The number of phenols is 2. The van der Waals surface area contributed by atoms with Crippen LogP contribution in [0.2, 0.25) is 0 Å². The first-order valence-corrected chi connectivity index (χ1v) is 14.0. The van der Waals surface area contributed by atoms with E-state index in [2.05, 4.69) is 16.0 Å². The molecule has 0 saturated carbocycles. The van der Waals surface area contributed by atoms with Crippen LogP contribution >= 0.6 is 11.8 Å². The topological polar surface area (TPSA) is 174 Å². The van der Waals surface area contributed by atoms with Gasteiger partial charge in [0.05, 0.1) is 12.9 Å². The van der Waals surface area contributed by atoms with E-state index in [0.29, 0.717) is 21.7 Å². The lowest BCUT2D eigenvalue weighted by Crippen LogP contribution is -2.30. The summed E-state index contributed by atoms with van der Waals surface area (Å²) >= 11 is 1.17. The molecule has 4 rings (SSSR count). The third kappa shape index (κ3) is 8.39. The monoisotopic (exact) mass is 613 g/mol. The number of thioether (sulfide) groups is 1. The summed E-state index contributed by atoms with van der Waals surface area (Å²) in [6, 6.07) is 23.2. The van der Waals surface area contributed by atoms with Gasteiger partial charge in [0.25, 0.3) is 11.8 Å². The summed E-state index contributed by atoms with van der Waals surface area (Å²) in [6.45, 7) is 0. The van der Waals surface area contributed by atoms with Gasteiger partial charge in [-0.1, -0.05) is 24.3 Å². The molecular formula is C32H27N3O8S. The molecule has 0 fully saturated rings. The van der Waals surface area contributed by atoms with E-state index < -0.39 is 29.4 Å². The molecule has 4 aromatic rings. The molecule has 3 amide bonds. The summed E-state index contributed by atoms with van der Waals surface area (Å²) in [5.74, 6) is -3.07. The van der Waals surface area contributed by atoms with Crippen molar-refractivity contribution >= 4 is 52.9 Å². The number of benzene rings is 4. The maximum Gasteiger partial charge on any atom is 0.339 e. The molecular weight excluding hydrogens is 586 g/mol. The summed E-state index contributed by atoms with van der Waals surface area (Å²) in [4.78, 5) is 50.7. The number of phenolic OH excluding ortho intramolecular Hbond substituents is 1. The van der Waals surface area contributed by atoms with Crippen LogP contribution in [-0.2, 0) is 9.59 Å². The molecule has 6 N–H and O–H groups in total. The molecule has 0 aliphatic heterocycles. The predicted molar refractivity (Wildman–Crippen MR) is 166 cm³/mol. The molecule has 0 aromatic heterocycles. The maximum absolute atomic E-state index is 13.4. The van der Waals surface area contributed by atoms with Gasteiger partial charge >= 0.3 is 5.97 Å². The molecule has 0 aliphatic carbocycles. The van der Waals surface area contributed by atoms with E-state index in [-0.39, 0.29) is 34.2 Å². The van der Waals surface area contributed by atoms with Crippen molar-refractivity contribution in [2.75, 3.05) is 23.5 Å². The fourth-order valence-corrected chi connectivity index (χ4v) is 4.67. The van der Waals surface area contributed by atoms with E-state index in [4.69, 9.17) is 9.84 Å². The van der Waals surface area contributed by atoms with E-state index in [9.17, 15) is 29.4 Å². The summed E-state index contributed by atoms with van der Waals surface area (Å²) in [7, 11) is 1.41. The molecule has 4 aromatic carbocycles. The minimum absolute atomic E-state index is 0.0282. The van der Waals surface area contributed by atoms with Crippen molar-refractivity contribution in [3.63, 3.8) is 0 Å². The number of ether oxygens (including phenoxy) is 1. The van der Waals surface area contributed by atoms with E-state index in [0.717, 1.165) is 6.07 Å². The summed E-state index contributed by atoms with van der Waals surface area (Å²) in [5, 5.41) is 36.6. The zero-order valence-corrected chi connectivity index (χ0v) is 24.1. The van der Waals surface area contributed by atoms with Crippen LogP contribution in [0.25, 0.3) is 6.08 Å². The Morgan fingerprint density at radius 3 is 2.32 bits per heavy atom. The Labute approximate surface area is 256 Å². The van der Waals surface area contributed by atoms with Crippen LogP contribution in [0.4, 0.5) is 11.4 Å². The average molecular weight is 614 g/mol. The highest BCUT2D eigenvalue weighted by atomic mass is 32.2. The minimum Gasteiger partial charge on any atom is -0.508 e. The zero-order chi connectivity index (χ0) is 31.6. The number of carbonyl (C=O) groups is 4. The predicted octanol–water partition coefficient (Wildman–Crippen LogP) is 4.95. The van der Waals surface area contributed by atoms with Gasteiger partial charge in [0.15, 0.2) is 0 Å². The third-order valence-corrected chi connectivity index (χ3v) is 7.01. The van der Waals surface area contributed by atoms with Gasteiger partial charge in [0.2, 0.25) is 5.91 Å². The van der Waals surface area contributed by atoms with Crippen LogP contribution in [0, 0.1) is 0 Å². The van der Waals surface area contributed by atoms with Crippen molar-refractivity contribution in [2.45, 2.75) is 4.90 Å². The summed E-state index contributed by atoms with van der Waals surface area (Å²) < 4.78 is 5.31. The van der Waals surface area contributed by atoms with Crippen LogP contribution in [0.1, 0.15) is 26.3 Å². The Kier molecular flexibility index (Phi) is 10.2. The molecule has 44 heavy (non-hydrogen) atoms. The number of carboxylic acids is 1. The first-order chi connectivity index (χ1) is 21.1. The van der Waals surface area contributed by atoms with Crippen LogP contribution < -0.4 is 20.7 Å². The standard InChI is InChI=1S/C32H27N3O8S/c1-43-28-17-23(36)12-10-20(28)14-26(35-30(39)19-6-3-2-4-7-19)31(40)34-21-8-5-9-24(15-21)44-18-29(38)33-22-11-13-27(37)25(16-22)32(41)42/h2-17,36-37H,18H2,1H3,(H,33,38)(H,34,40)(H,35,39)(H,41,42)/b26-14+. The van der Waals surface area contributed by atoms with Gasteiger partial charge < -0.3 is 36.0 Å². The van der Waals surface area contributed by atoms with E-state index in [1.807, 2.05) is 0 Å². The second-order valence-electron chi connectivity index (χ2n) is 9.16. The molecule has 0 spiro atoms. The lowest BCUT2D eigenvalue weighted by atomic mass is 10.1. The first kappa shape index (κ1) is 31.2. The van der Waals surface area contributed by atoms with Gasteiger partial charge in [0.1, 0.15) is 28.5 Å². The van der Waals surface area contributed by atoms with Crippen LogP contribution in [0.5, 0.6) is 17.2 Å². The Morgan fingerprint density at radius 1 is 0.841 bits per heavy atom. The molecule has 0 radical (unpaired) electrons. The number of carboxylic acid groups (broad SMARTS) is 1. The fourth-order valence-electron chi connectivity index (χ4n) is 3.91. The third-order valence-electron chi connectivity index (χ3n) is 6.02. The van der Waals surface area contributed by atoms with Crippen LogP contribution in [0.15, 0.2) is 102 Å². The number of hydrogen-bond donors (Lipinski definition) is 6. The molecule has 11 nitrogen and oxygen atoms in total. The number of aromatic hydroxyl groups is 2.